The molecule has 0 aromatic carbocycles. The average Bonchev–Trinajstić information content (AvgIpc) is 3.24. The molecule has 2 aromatic rings. The van der Waals surface area contributed by atoms with E-state index in [0.29, 0.717) is 12.0 Å². The summed E-state index contributed by atoms with van der Waals surface area (Å²) in [6.07, 6.45) is 4.18. The van der Waals surface area contributed by atoms with E-state index in [4.69, 9.17) is 0 Å². The van der Waals surface area contributed by atoms with Crippen molar-refractivity contribution in [1.82, 2.24) is 15.0 Å². The summed E-state index contributed by atoms with van der Waals surface area (Å²) in [5, 5.41) is 6.57. The van der Waals surface area contributed by atoms with Crippen molar-refractivity contribution in [2.24, 2.45) is 0 Å². The fraction of sp³-hybridized carbons (Fsp3) is 0.357. The summed E-state index contributed by atoms with van der Waals surface area (Å²) in [6, 6.07) is 8.29. The highest BCUT2D eigenvalue weighted by Gasteiger charge is 2.22. The molecule has 1 aliphatic carbocycles. The van der Waals surface area contributed by atoms with Gasteiger partial charge in [-0.15, -0.1) is 0 Å². The number of pyridine rings is 1. The summed E-state index contributed by atoms with van der Waals surface area (Å²) < 4.78 is 0. The second kappa shape index (κ2) is 5.22. The first-order valence-electron chi connectivity index (χ1n) is 6.66. The predicted octanol–water partition coefficient (Wildman–Crippen LogP) is 2.54. The molecular formula is C14H17N5. The van der Waals surface area contributed by atoms with Crippen molar-refractivity contribution in [3.8, 4) is 11.4 Å². The normalized spacial score (nSPS) is 14.2. The zero-order valence-corrected chi connectivity index (χ0v) is 10.9. The first-order chi connectivity index (χ1) is 9.35. The Kier molecular flexibility index (Phi) is 3.27. The van der Waals surface area contributed by atoms with E-state index >= 15 is 0 Å². The Labute approximate surface area is 112 Å². The number of hydrogen-bond donors (Lipinski definition) is 2. The molecule has 5 nitrogen and oxygen atoms in total. The zero-order valence-electron chi connectivity index (χ0n) is 10.9. The maximum Gasteiger partial charge on any atom is 0.225 e. The van der Waals surface area contributed by atoms with Gasteiger partial charge in [-0.25, -0.2) is 4.98 Å². The molecule has 98 valence electrons. The number of hydrogen-bond acceptors (Lipinski definition) is 5. The first-order valence-corrected chi connectivity index (χ1v) is 6.66. The van der Waals surface area contributed by atoms with Gasteiger partial charge in [0.2, 0.25) is 5.95 Å². The maximum absolute atomic E-state index is 4.54. The largest absolute Gasteiger partial charge is 0.370 e. The summed E-state index contributed by atoms with van der Waals surface area (Å²) >= 11 is 0. The van der Waals surface area contributed by atoms with Crippen molar-refractivity contribution in [1.29, 1.82) is 0 Å². The molecule has 0 radical (unpaired) electrons. The van der Waals surface area contributed by atoms with E-state index in [0.717, 1.165) is 23.8 Å². The second-order valence-electron chi connectivity index (χ2n) is 4.63. The summed E-state index contributed by atoms with van der Waals surface area (Å²) in [5.74, 6) is 1.52. The van der Waals surface area contributed by atoms with E-state index in [-0.39, 0.29) is 0 Å². The van der Waals surface area contributed by atoms with Crippen molar-refractivity contribution in [3.63, 3.8) is 0 Å². The third kappa shape index (κ3) is 2.99. The van der Waals surface area contributed by atoms with E-state index in [1.807, 2.05) is 24.3 Å². The third-order valence-electron chi connectivity index (χ3n) is 2.92. The molecule has 3 rings (SSSR count). The lowest BCUT2D eigenvalue weighted by Gasteiger charge is -2.09. The molecule has 0 saturated heterocycles. The van der Waals surface area contributed by atoms with Crippen LogP contribution >= 0.6 is 0 Å². The molecule has 0 bridgehead atoms. The van der Waals surface area contributed by atoms with Gasteiger partial charge >= 0.3 is 0 Å². The molecule has 2 heterocycles. The van der Waals surface area contributed by atoms with Gasteiger partial charge in [-0.05, 0) is 31.9 Å². The molecule has 0 unspecified atom stereocenters. The van der Waals surface area contributed by atoms with E-state index in [2.05, 4.69) is 32.5 Å². The van der Waals surface area contributed by atoms with Crippen molar-refractivity contribution in [3.05, 3.63) is 30.5 Å². The van der Waals surface area contributed by atoms with E-state index in [9.17, 15) is 0 Å². The standard InChI is InChI=1S/C14H17N5/c1-2-15-13-9-12(11-5-3-4-8-16-11)18-14(19-13)17-10-6-7-10/h3-5,8-10H,2,6-7H2,1H3,(H2,15,17,18,19). The monoisotopic (exact) mass is 255 g/mol. The van der Waals surface area contributed by atoms with Crippen molar-refractivity contribution < 1.29 is 0 Å². The van der Waals surface area contributed by atoms with Crippen molar-refractivity contribution in [2.45, 2.75) is 25.8 Å². The Morgan fingerprint density at radius 3 is 2.79 bits per heavy atom. The van der Waals surface area contributed by atoms with Crippen molar-refractivity contribution >= 4 is 11.8 Å². The lowest BCUT2D eigenvalue weighted by Crippen LogP contribution is -2.09. The number of aromatic nitrogens is 3. The molecule has 5 heteroatoms. The Balaban J connectivity index is 1.94. The van der Waals surface area contributed by atoms with Crippen LogP contribution in [0.15, 0.2) is 30.5 Å². The quantitative estimate of drug-likeness (QED) is 0.859. The SMILES string of the molecule is CCNc1cc(-c2ccccn2)nc(NC2CC2)n1. The van der Waals surface area contributed by atoms with Crippen LogP contribution in [-0.2, 0) is 0 Å². The van der Waals surface area contributed by atoms with Crippen molar-refractivity contribution in [2.75, 3.05) is 17.2 Å². The summed E-state index contributed by atoms with van der Waals surface area (Å²) in [6.45, 7) is 2.89. The van der Waals surface area contributed by atoms with Gasteiger partial charge in [0.25, 0.3) is 0 Å². The average molecular weight is 255 g/mol. The Morgan fingerprint density at radius 1 is 1.21 bits per heavy atom. The summed E-state index contributed by atoms with van der Waals surface area (Å²) in [5.41, 5.74) is 1.71. The van der Waals surface area contributed by atoms with Gasteiger partial charge in [0.1, 0.15) is 5.82 Å². The predicted molar refractivity (Wildman–Crippen MR) is 76.1 cm³/mol. The lowest BCUT2D eigenvalue weighted by molar-refractivity contribution is 1.04. The van der Waals surface area contributed by atoms with Crippen LogP contribution in [0.3, 0.4) is 0 Å². The molecule has 0 amide bonds. The summed E-state index contributed by atoms with van der Waals surface area (Å²) in [7, 11) is 0. The van der Waals surface area contributed by atoms with Crippen LogP contribution in [0.4, 0.5) is 11.8 Å². The number of rotatable bonds is 5. The topological polar surface area (TPSA) is 62.7 Å². The van der Waals surface area contributed by atoms with Crippen LogP contribution in [0.1, 0.15) is 19.8 Å². The molecule has 1 fully saturated rings. The van der Waals surface area contributed by atoms with Crippen LogP contribution in [0.2, 0.25) is 0 Å². The minimum absolute atomic E-state index is 0.536. The minimum atomic E-state index is 0.536. The number of nitrogens with zero attached hydrogens (tertiary/aromatic N) is 3. The Hall–Kier alpha value is -2.17. The van der Waals surface area contributed by atoms with Crippen LogP contribution in [0.5, 0.6) is 0 Å². The fourth-order valence-corrected chi connectivity index (χ4v) is 1.84. The Bertz CT molecular complexity index is 551. The molecular weight excluding hydrogens is 238 g/mol. The minimum Gasteiger partial charge on any atom is -0.370 e. The molecule has 0 aliphatic heterocycles. The highest BCUT2D eigenvalue weighted by atomic mass is 15.2. The summed E-state index contributed by atoms with van der Waals surface area (Å²) in [4.78, 5) is 13.3. The molecule has 2 N–H and O–H groups in total. The van der Waals surface area contributed by atoms with Gasteiger partial charge in [0.05, 0.1) is 11.4 Å². The zero-order chi connectivity index (χ0) is 13.1. The maximum atomic E-state index is 4.54. The van der Waals surface area contributed by atoms with E-state index < -0.39 is 0 Å². The van der Waals surface area contributed by atoms with Gasteiger partial charge in [-0.3, -0.25) is 4.98 Å². The molecule has 0 spiro atoms. The van der Waals surface area contributed by atoms with Gasteiger partial charge in [-0.2, -0.15) is 4.98 Å². The van der Waals surface area contributed by atoms with Gasteiger partial charge in [0.15, 0.2) is 0 Å². The highest BCUT2D eigenvalue weighted by molar-refractivity contribution is 5.61. The molecule has 2 aromatic heterocycles. The number of anilines is 2. The molecule has 19 heavy (non-hydrogen) atoms. The molecule has 1 saturated carbocycles. The van der Waals surface area contributed by atoms with E-state index in [1.54, 1.807) is 6.20 Å². The number of nitrogens with one attached hydrogen (secondary N) is 2. The molecule has 1 aliphatic rings. The van der Waals surface area contributed by atoms with Gasteiger partial charge in [-0.1, -0.05) is 6.07 Å². The smallest absolute Gasteiger partial charge is 0.225 e. The second-order valence-corrected chi connectivity index (χ2v) is 4.63. The van der Waals surface area contributed by atoms with Crippen LogP contribution < -0.4 is 10.6 Å². The van der Waals surface area contributed by atoms with Crippen LogP contribution in [-0.4, -0.2) is 27.5 Å². The first kappa shape index (κ1) is 11.9. The lowest BCUT2D eigenvalue weighted by atomic mass is 10.2. The Morgan fingerprint density at radius 2 is 2.11 bits per heavy atom. The van der Waals surface area contributed by atoms with Crippen LogP contribution in [0.25, 0.3) is 11.4 Å². The molecule has 0 atom stereocenters. The van der Waals surface area contributed by atoms with Gasteiger partial charge < -0.3 is 10.6 Å². The third-order valence-corrected chi connectivity index (χ3v) is 2.92. The highest BCUT2D eigenvalue weighted by Crippen LogP contribution is 2.25. The van der Waals surface area contributed by atoms with E-state index in [1.165, 1.54) is 12.8 Å². The fourth-order valence-electron chi connectivity index (χ4n) is 1.84. The van der Waals surface area contributed by atoms with Crippen LogP contribution in [0, 0.1) is 0 Å². The van der Waals surface area contributed by atoms with Gasteiger partial charge in [0, 0.05) is 24.8 Å².